The van der Waals surface area contributed by atoms with Crippen LogP contribution in [0.3, 0.4) is 0 Å². The zero-order chi connectivity index (χ0) is 19.6. The van der Waals surface area contributed by atoms with E-state index >= 15 is 0 Å². The molecule has 1 aliphatic heterocycles. The lowest BCUT2D eigenvalue weighted by molar-refractivity contribution is -0.0170. The monoisotopic (exact) mass is 381 g/mol. The van der Waals surface area contributed by atoms with Crippen LogP contribution in [0.2, 0.25) is 0 Å². The van der Waals surface area contributed by atoms with E-state index in [-0.39, 0.29) is 6.03 Å². The van der Waals surface area contributed by atoms with Gasteiger partial charge in [0.1, 0.15) is 5.75 Å². The number of aromatic nitrogens is 1. The zero-order valence-electron chi connectivity index (χ0n) is 16.3. The van der Waals surface area contributed by atoms with Crippen molar-refractivity contribution in [1.82, 2.24) is 15.2 Å². The van der Waals surface area contributed by atoms with Gasteiger partial charge in [0.05, 0.1) is 12.7 Å². The van der Waals surface area contributed by atoms with Crippen LogP contribution in [0.5, 0.6) is 5.75 Å². The molecule has 2 amide bonds. The number of methoxy groups -OCH3 is 1. The second-order valence-electron chi connectivity index (χ2n) is 7.71. The maximum absolute atomic E-state index is 12.6. The molecule has 2 aromatic rings. The molecular formula is C22H27N3O3. The number of aliphatic hydroxyl groups is 1. The van der Waals surface area contributed by atoms with E-state index in [0.717, 1.165) is 29.7 Å². The Morgan fingerprint density at radius 2 is 2.04 bits per heavy atom. The normalized spacial score (nSPS) is 17.9. The van der Waals surface area contributed by atoms with E-state index in [1.807, 2.05) is 12.1 Å². The molecule has 0 saturated carbocycles. The van der Waals surface area contributed by atoms with Crippen LogP contribution in [0.4, 0.5) is 4.79 Å². The number of carbonyl (C=O) groups is 1. The summed E-state index contributed by atoms with van der Waals surface area (Å²) in [6, 6.07) is 7.90. The minimum Gasteiger partial charge on any atom is -0.496 e. The summed E-state index contributed by atoms with van der Waals surface area (Å²) in [4.78, 5) is 18.5. The van der Waals surface area contributed by atoms with Crippen LogP contribution >= 0.6 is 0 Å². The van der Waals surface area contributed by atoms with Gasteiger partial charge in [-0.25, -0.2) is 4.79 Å². The number of benzene rings is 1. The molecule has 1 saturated heterocycles. The predicted octanol–water partition coefficient (Wildman–Crippen LogP) is 2.77. The molecule has 0 radical (unpaired) electrons. The molecule has 0 bridgehead atoms. The third-order valence-electron chi connectivity index (χ3n) is 6.00. The number of carbonyl (C=O) groups excluding carboxylic acids is 1. The second kappa shape index (κ2) is 7.80. The first-order chi connectivity index (χ1) is 13.6. The highest BCUT2D eigenvalue weighted by Gasteiger charge is 2.35. The standard InChI is InChI=1S/C22H27N3O3/c1-28-20-13-17-5-2-4-16(17)12-18(20)14-24-21(26)25-10-7-22(27,8-11-25)19-6-3-9-23-15-19/h3,6,9,12-13,15,27H,2,4-5,7-8,10-11,14H2,1H3,(H,24,26). The number of hydrogen-bond acceptors (Lipinski definition) is 4. The van der Waals surface area contributed by atoms with Gasteiger partial charge < -0.3 is 20.1 Å². The van der Waals surface area contributed by atoms with Crippen molar-refractivity contribution >= 4 is 6.03 Å². The largest absolute Gasteiger partial charge is 0.496 e. The number of rotatable bonds is 4. The number of amides is 2. The minimum atomic E-state index is -0.908. The van der Waals surface area contributed by atoms with E-state index in [2.05, 4.69) is 22.4 Å². The van der Waals surface area contributed by atoms with Crippen molar-refractivity contribution in [3.63, 3.8) is 0 Å². The molecule has 28 heavy (non-hydrogen) atoms. The molecular weight excluding hydrogens is 354 g/mol. The van der Waals surface area contributed by atoms with Gasteiger partial charge in [-0.05, 0) is 55.4 Å². The van der Waals surface area contributed by atoms with E-state index in [9.17, 15) is 9.90 Å². The van der Waals surface area contributed by atoms with Crippen LogP contribution in [-0.4, -0.2) is 41.2 Å². The summed E-state index contributed by atoms with van der Waals surface area (Å²) < 4.78 is 5.52. The molecule has 6 heteroatoms. The third kappa shape index (κ3) is 3.69. The Morgan fingerprint density at radius 1 is 1.29 bits per heavy atom. The Bertz CT molecular complexity index is 846. The molecule has 2 aliphatic rings. The number of nitrogens with zero attached hydrogens (tertiary/aromatic N) is 2. The summed E-state index contributed by atoms with van der Waals surface area (Å²) in [6.07, 6.45) is 7.80. The van der Waals surface area contributed by atoms with Crippen LogP contribution in [0.1, 0.15) is 41.5 Å². The highest BCUT2D eigenvalue weighted by Crippen LogP contribution is 2.32. The van der Waals surface area contributed by atoms with Gasteiger partial charge in [-0.15, -0.1) is 0 Å². The number of nitrogens with one attached hydrogen (secondary N) is 1. The summed E-state index contributed by atoms with van der Waals surface area (Å²) in [7, 11) is 1.67. The summed E-state index contributed by atoms with van der Waals surface area (Å²) in [5, 5.41) is 13.9. The number of ether oxygens (including phenoxy) is 1. The lowest BCUT2D eigenvalue weighted by Crippen LogP contribution is -2.48. The maximum Gasteiger partial charge on any atom is 0.317 e. The number of pyridine rings is 1. The summed E-state index contributed by atoms with van der Waals surface area (Å²) in [6.45, 7) is 1.47. The van der Waals surface area contributed by atoms with Crippen molar-refractivity contribution in [2.75, 3.05) is 20.2 Å². The molecule has 4 rings (SSSR count). The minimum absolute atomic E-state index is 0.101. The van der Waals surface area contributed by atoms with Gasteiger partial charge in [0.25, 0.3) is 0 Å². The number of hydrogen-bond donors (Lipinski definition) is 2. The fourth-order valence-corrected chi connectivity index (χ4v) is 4.27. The Morgan fingerprint density at radius 3 is 2.71 bits per heavy atom. The van der Waals surface area contributed by atoms with Crippen LogP contribution in [-0.2, 0) is 25.0 Å². The van der Waals surface area contributed by atoms with Crippen molar-refractivity contribution in [2.24, 2.45) is 0 Å². The first-order valence-corrected chi connectivity index (χ1v) is 9.93. The van der Waals surface area contributed by atoms with Crippen LogP contribution in [0, 0.1) is 0 Å². The smallest absolute Gasteiger partial charge is 0.317 e. The molecule has 1 aliphatic carbocycles. The molecule has 0 unspecified atom stereocenters. The lowest BCUT2D eigenvalue weighted by atomic mass is 9.85. The van der Waals surface area contributed by atoms with E-state index < -0.39 is 5.60 Å². The molecule has 1 fully saturated rings. The molecule has 6 nitrogen and oxygen atoms in total. The number of aryl methyl sites for hydroxylation is 2. The average molecular weight is 381 g/mol. The summed E-state index contributed by atoms with van der Waals surface area (Å²) >= 11 is 0. The van der Waals surface area contributed by atoms with Gasteiger partial charge >= 0.3 is 6.03 Å². The average Bonchev–Trinajstić information content (AvgIpc) is 3.19. The van der Waals surface area contributed by atoms with Crippen molar-refractivity contribution in [3.8, 4) is 5.75 Å². The quantitative estimate of drug-likeness (QED) is 0.854. The van der Waals surface area contributed by atoms with Crippen LogP contribution < -0.4 is 10.1 Å². The predicted molar refractivity (Wildman–Crippen MR) is 106 cm³/mol. The Labute approximate surface area is 165 Å². The Balaban J connectivity index is 1.36. The van der Waals surface area contributed by atoms with Gasteiger partial charge in [0, 0.05) is 43.2 Å². The van der Waals surface area contributed by atoms with E-state index in [0.29, 0.717) is 32.5 Å². The molecule has 2 N–H and O–H groups in total. The fraction of sp³-hybridized carbons (Fsp3) is 0.455. The zero-order valence-corrected chi connectivity index (χ0v) is 16.3. The molecule has 2 heterocycles. The van der Waals surface area contributed by atoms with Gasteiger partial charge in [-0.1, -0.05) is 12.1 Å². The van der Waals surface area contributed by atoms with Gasteiger partial charge in [0.15, 0.2) is 0 Å². The number of likely N-dealkylation sites (tertiary alicyclic amines) is 1. The van der Waals surface area contributed by atoms with E-state index in [1.54, 1.807) is 24.4 Å². The van der Waals surface area contributed by atoms with Gasteiger partial charge in [-0.2, -0.15) is 0 Å². The maximum atomic E-state index is 12.6. The molecule has 148 valence electrons. The summed E-state index contributed by atoms with van der Waals surface area (Å²) in [5.41, 5.74) is 3.65. The van der Waals surface area contributed by atoms with Crippen molar-refractivity contribution < 1.29 is 14.6 Å². The fourth-order valence-electron chi connectivity index (χ4n) is 4.27. The second-order valence-corrected chi connectivity index (χ2v) is 7.71. The van der Waals surface area contributed by atoms with E-state index in [1.165, 1.54) is 17.5 Å². The van der Waals surface area contributed by atoms with Crippen LogP contribution in [0.25, 0.3) is 0 Å². The molecule has 1 aromatic carbocycles. The van der Waals surface area contributed by atoms with E-state index in [4.69, 9.17) is 4.74 Å². The van der Waals surface area contributed by atoms with Gasteiger partial charge in [0.2, 0.25) is 0 Å². The van der Waals surface area contributed by atoms with Crippen molar-refractivity contribution in [3.05, 3.63) is 58.9 Å². The Hall–Kier alpha value is -2.60. The topological polar surface area (TPSA) is 74.7 Å². The number of fused-ring (bicyclic) bond motifs is 1. The first-order valence-electron chi connectivity index (χ1n) is 9.93. The highest BCUT2D eigenvalue weighted by atomic mass is 16.5. The highest BCUT2D eigenvalue weighted by molar-refractivity contribution is 5.74. The van der Waals surface area contributed by atoms with Gasteiger partial charge in [-0.3, -0.25) is 4.98 Å². The summed E-state index contributed by atoms with van der Waals surface area (Å²) in [5.74, 6) is 0.838. The van der Waals surface area contributed by atoms with Crippen LogP contribution in [0.15, 0.2) is 36.7 Å². The molecule has 0 spiro atoms. The Kier molecular flexibility index (Phi) is 5.22. The molecule has 1 aromatic heterocycles. The molecule has 0 atom stereocenters. The SMILES string of the molecule is COc1cc2c(cc1CNC(=O)N1CCC(O)(c3cccnc3)CC1)CCC2. The first kappa shape index (κ1) is 18.7. The van der Waals surface area contributed by atoms with Crippen molar-refractivity contribution in [1.29, 1.82) is 0 Å². The third-order valence-corrected chi connectivity index (χ3v) is 6.00. The van der Waals surface area contributed by atoms with Crippen molar-refractivity contribution in [2.45, 2.75) is 44.2 Å². The lowest BCUT2D eigenvalue weighted by Gasteiger charge is -2.38. The number of piperidine rings is 1. The number of urea groups is 1.